The van der Waals surface area contributed by atoms with Crippen LogP contribution in [0.3, 0.4) is 0 Å². The van der Waals surface area contributed by atoms with Crippen molar-refractivity contribution in [1.29, 1.82) is 0 Å². The summed E-state index contributed by atoms with van der Waals surface area (Å²) in [6.45, 7) is 6.81. The molecule has 1 aliphatic rings. The van der Waals surface area contributed by atoms with Gasteiger partial charge in [0.2, 0.25) is 11.8 Å². The second-order valence-electron chi connectivity index (χ2n) is 10.7. The Morgan fingerprint density at radius 2 is 1.90 bits per heavy atom. The van der Waals surface area contributed by atoms with Crippen LogP contribution >= 0.6 is 0 Å². The highest BCUT2D eigenvalue weighted by molar-refractivity contribution is 6.06. The third-order valence-corrected chi connectivity index (χ3v) is 6.58. The van der Waals surface area contributed by atoms with Gasteiger partial charge < -0.3 is 30.2 Å². The minimum absolute atomic E-state index is 0.0126. The smallest absolute Gasteiger partial charge is 0.308 e. The Morgan fingerprint density at radius 1 is 1.15 bits per heavy atom. The van der Waals surface area contributed by atoms with Gasteiger partial charge in [-0.1, -0.05) is 20.8 Å². The minimum Gasteiger partial charge on any atom is -0.415 e. The van der Waals surface area contributed by atoms with Crippen molar-refractivity contribution in [3.63, 3.8) is 0 Å². The first-order valence-corrected chi connectivity index (χ1v) is 13.1. The fourth-order valence-corrected chi connectivity index (χ4v) is 4.43. The Labute approximate surface area is 229 Å². The van der Waals surface area contributed by atoms with Gasteiger partial charge in [-0.05, 0) is 42.4 Å². The zero-order valence-corrected chi connectivity index (χ0v) is 22.7. The van der Waals surface area contributed by atoms with Gasteiger partial charge in [0, 0.05) is 31.7 Å². The Hall–Kier alpha value is -3.91. The summed E-state index contributed by atoms with van der Waals surface area (Å²) in [5, 5.41) is 29.0. The van der Waals surface area contributed by atoms with Gasteiger partial charge >= 0.3 is 11.8 Å². The van der Waals surface area contributed by atoms with Crippen LogP contribution in [0.5, 0.6) is 0 Å². The molecule has 0 spiro atoms. The monoisotopic (exact) mass is 559 g/mol. The molecule has 3 heterocycles. The normalized spacial score (nSPS) is 15.1. The van der Waals surface area contributed by atoms with Gasteiger partial charge in [-0.25, -0.2) is 4.39 Å². The third kappa shape index (κ3) is 6.99. The highest BCUT2D eigenvalue weighted by Crippen LogP contribution is 2.25. The van der Waals surface area contributed by atoms with Crippen molar-refractivity contribution in [3.05, 3.63) is 41.5 Å². The van der Waals surface area contributed by atoms with Crippen LogP contribution in [0.25, 0.3) is 10.9 Å². The molecule has 4 rings (SSSR count). The summed E-state index contributed by atoms with van der Waals surface area (Å²) in [6, 6.07) is 3.17. The SMILES string of the molecule is CC(C)(C)[C@H](NC(=O)c1nn(CC2CCOCC2)c2cc(F)ccc12)C(=O)NCc1nnc(C(=O)NCCO)o1. The number of ether oxygens (including phenoxy) is 1. The molecule has 2 aromatic heterocycles. The van der Waals surface area contributed by atoms with E-state index in [0.717, 1.165) is 12.8 Å². The Balaban J connectivity index is 1.48. The average molecular weight is 560 g/mol. The maximum absolute atomic E-state index is 14.1. The van der Waals surface area contributed by atoms with Crippen molar-refractivity contribution >= 4 is 28.6 Å². The van der Waals surface area contributed by atoms with Crippen LogP contribution in [0, 0.1) is 17.2 Å². The number of hydrogen-bond donors (Lipinski definition) is 4. The zero-order chi connectivity index (χ0) is 28.9. The number of aromatic nitrogens is 4. The lowest BCUT2D eigenvalue weighted by Crippen LogP contribution is -2.53. The van der Waals surface area contributed by atoms with Crippen molar-refractivity contribution < 1.29 is 33.0 Å². The maximum Gasteiger partial charge on any atom is 0.308 e. The fraction of sp³-hybridized carbons (Fsp3) is 0.538. The molecule has 13 nitrogen and oxygen atoms in total. The Morgan fingerprint density at radius 3 is 2.60 bits per heavy atom. The lowest BCUT2D eigenvalue weighted by molar-refractivity contribution is -0.125. The van der Waals surface area contributed by atoms with E-state index in [1.165, 1.54) is 18.2 Å². The molecular weight excluding hydrogens is 525 g/mol. The molecule has 14 heteroatoms. The molecule has 40 heavy (non-hydrogen) atoms. The van der Waals surface area contributed by atoms with Crippen LogP contribution in [0.15, 0.2) is 22.6 Å². The summed E-state index contributed by atoms with van der Waals surface area (Å²) in [4.78, 5) is 38.5. The van der Waals surface area contributed by atoms with Crippen LogP contribution in [0.2, 0.25) is 0 Å². The standard InChI is InChI=1S/C26H34FN7O6/c1-26(2,3)21(23(37)29-13-19-31-32-25(40-19)24(38)28-8-9-35)30-22(36)20-17-5-4-16(27)12-18(17)34(33-20)14-15-6-10-39-11-7-15/h4-5,12,15,21,35H,6-11,13-14H2,1-3H3,(H,28,38)(H,29,37)(H,30,36)/t21-/m1/s1. The number of carbonyl (C=O) groups excluding carboxylic acids is 3. The molecule has 1 aliphatic heterocycles. The Bertz CT molecular complexity index is 1360. The number of aliphatic hydroxyl groups excluding tert-OH is 1. The first-order valence-electron chi connectivity index (χ1n) is 13.1. The summed E-state index contributed by atoms with van der Waals surface area (Å²) >= 11 is 0. The van der Waals surface area contributed by atoms with E-state index >= 15 is 0 Å². The van der Waals surface area contributed by atoms with E-state index in [1.54, 1.807) is 25.5 Å². The summed E-state index contributed by atoms with van der Waals surface area (Å²) in [5.41, 5.74) is -0.0978. The highest BCUT2D eigenvalue weighted by Gasteiger charge is 2.34. The van der Waals surface area contributed by atoms with Gasteiger partial charge in [0.15, 0.2) is 5.69 Å². The van der Waals surface area contributed by atoms with Gasteiger partial charge in [-0.3, -0.25) is 19.1 Å². The van der Waals surface area contributed by atoms with E-state index in [4.69, 9.17) is 14.3 Å². The number of amides is 3. The molecule has 4 N–H and O–H groups in total. The minimum atomic E-state index is -0.980. The van der Waals surface area contributed by atoms with Crippen LogP contribution in [-0.2, 0) is 22.6 Å². The summed E-state index contributed by atoms with van der Waals surface area (Å²) in [6.07, 6.45) is 1.69. The molecule has 3 aromatic rings. The van der Waals surface area contributed by atoms with Gasteiger partial charge in [-0.2, -0.15) is 5.10 Å². The van der Waals surface area contributed by atoms with Crippen LogP contribution in [0.1, 0.15) is 60.7 Å². The molecule has 1 atom stereocenters. The van der Waals surface area contributed by atoms with Gasteiger partial charge in [0.1, 0.15) is 11.9 Å². The third-order valence-electron chi connectivity index (χ3n) is 6.58. The molecule has 1 saturated heterocycles. The first kappa shape index (κ1) is 29.1. The molecule has 3 amide bonds. The Kier molecular flexibility index (Phi) is 9.10. The predicted octanol–water partition coefficient (Wildman–Crippen LogP) is 1.17. The molecule has 0 saturated carbocycles. The van der Waals surface area contributed by atoms with Crippen molar-refractivity contribution in [1.82, 2.24) is 35.9 Å². The predicted molar refractivity (Wildman–Crippen MR) is 140 cm³/mol. The molecule has 1 aromatic carbocycles. The number of carbonyl (C=O) groups is 3. The quantitative estimate of drug-likeness (QED) is 0.284. The average Bonchev–Trinajstić information content (AvgIpc) is 3.54. The zero-order valence-electron chi connectivity index (χ0n) is 22.7. The molecule has 1 fully saturated rings. The molecule has 216 valence electrons. The second-order valence-corrected chi connectivity index (χ2v) is 10.7. The van der Waals surface area contributed by atoms with Crippen LogP contribution in [0.4, 0.5) is 4.39 Å². The number of benzene rings is 1. The fourth-order valence-electron chi connectivity index (χ4n) is 4.43. The lowest BCUT2D eigenvalue weighted by Gasteiger charge is -2.30. The molecule has 0 radical (unpaired) electrons. The number of nitrogens with one attached hydrogen (secondary N) is 3. The van der Waals surface area contributed by atoms with Gasteiger partial charge in [-0.15, -0.1) is 10.2 Å². The highest BCUT2D eigenvalue weighted by atomic mass is 19.1. The number of nitrogens with zero attached hydrogens (tertiary/aromatic N) is 4. The molecule has 0 unspecified atom stereocenters. The largest absolute Gasteiger partial charge is 0.415 e. The van der Waals surface area contributed by atoms with Crippen molar-refractivity contribution in [2.75, 3.05) is 26.4 Å². The first-order chi connectivity index (χ1) is 19.1. The number of halogens is 1. The molecular formula is C26H34FN7O6. The van der Waals surface area contributed by atoms with E-state index in [2.05, 4.69) is 31.2 Å². The van der Waals surface area contributed by atoms with Crippen molar-refractivity contribution in [2.24, 2.45) is 11.3 Å². The molecule has 0 aliphatic carbocycles. The summed E-state index contributed by atoms with van der Waals surface area (Å²) in [7, 11) is 0. The lowest BCUT2D eigenvalue weighted by atomic mass is 9.86. The van der Waals surface area contributed by atoms with E-state index in [1.807, 2.05) is 0 Å². The number of aliphatic hydroxyl groups is 1. The summed E-state index contributed by atoms with van der Waals surface area (Å²) in [5.74, 6) is -2.20. The van der Waals surface area contributed by atoms with E-state index in [-0.39, 0.29) is 43.1 Å². The topological polar surface area (TPSA) is 174 Å². The number of rotatable bonds is 10. The van der Waals surface area contributed by atoms with E-state index in [0.29, 0.717) is 30.7 Å². The van der Waals surface area contributed by atoms with Gasteiger partial charge in [0.25, 0.3) is 5.91 Å². The van der Waals surface area contributed by atoms with Crippen LogP contribution in [-0.4, -0.2) is 75.2 Å². The van der Waals surface area contributed by atoms with E-state index < -0.39 is 35.0 Å². The van der Waals surface area contributed by atoms with Crippen molar-refractivity contribution in [3.8, 4) is 0 Å². The van der Waals surface area contributed by atoms with Crippen LogP contribution < -0.4 is 16.0 Å². The maximum atomic E-state index is 14.1. The number of fused-ring (bicyclic) bond motifs is 1. The van der Waals surface area contributed by atoms with E-state index in [9.17, 15) is 18.8 Å². The van der Waals surface area contributed by atoms with Crippen molar-refractivity contribution in [2.45, 2.75) is 52.7 Å². The molecule has 0 bridgehead atoms. The van der Waals surface area contributed by atoms with Gasteiger partial charge in [0.05, 0.1) is 18.7 Å². The second kappa shape index (κ2) is 12.5. The summed E-state index contributed by atoms with van der Waals surface area (Å²) < 4.78 is 26.5. The number of hydrogen-bond acceptors (Lipinski definition) is 9.